The number of thiazole rings is 1. The van der Waals surface area contributed by atoms with Gasteiger partial charge in [0.05, 0.1) is 0 Å². The third-order valence-electron chi connectivity index (χ3n) is 1.07. The lowest BCUT2D eigenvalue weighted by Gasteiger charge is -2.01. The fourth-order valence-electron chi connectivity index (χ4n) is 0.634. The first-order chi connectivity index (χ1) is 5.45. The Morgan fingerprint density at radius 2 is 2.00 bits per heavy atom. The molecule has 0 bridgehead atoms. The SMILES string of the molecule is O=Cc1sc(=O)[nH]c1C(F)(F)F. The number of alkyl halides is 3. The molecule has 0 amide bonds. The molecule has 0 unspecified atom stereocenters. The maximum absolute atomic E-state index is 11.9. The molecule has 0 saturated carbocycles. The molecule has 0 aliphatic carbocycles. The first-order valence-electron chi connectivity index (χ1n) is 2.70. The molecule has 1 aromatic rings. The van der Waals surface area contributed by atoms with Gasteiger partial charge in [0.1, 0.15) is 10.6 Å². The fraction of sp³-hybridized carbons (Fsp3) is 0.200. The smallest absolute Gasteiger partial charge is 0.308 e. The Bertz CT molecular complexity index is 350. The van der Waals surface area contributed by atoms with Gasteiger partial charge in [-0.25, -0.2) is 0 Å². The number of aromatic amines is 1. The number of hydrogen-bond acceptors (Lipinski definition) is 3. The second-order valence-electron chi connectivity index (χ2n) is 1.87. The van der Waals surface area contributed by atoms with Crippen molar-refractivity contribution in [2.24, 2.45) is 0 Å². The maximum Gasteiger partial charge on any atom is 0.432 e. The highest BCUT2D eigenvalue weighted by Crippen LogP contribution is 2.30. The van der Waals surface area contributed by atoms with Crippen LogP contribution >= 0.6 is 11.3 Å². The van der Waals surface area contributed by atoms with Crippen LogP contribution < -0.4 is 4.87 Å². The van der Waals surface area contributed by atoms with Crippen molar-refractivity contribution in [3.8, 4) is 0 Å². The van der Waals surface area contributed by atoms with Crippen LogP contribution in [-0.4, -0.2) is 11.3 Å². The molecule has 0 radical (unpaired) electrons. The lowest BCUT2D eigenvalue weighted by molar-refractivity contribution is -0.141. The first kappa shape index (κ1) is 8.98. The number of aldehydes is 1. The Morgan fingerprint density at radius 1 is 1.42 bits per heavy atom. The van der Waals surface area contributed by atoms with Gasteiger partial charge in [-0.3, -0.25) is 9.59 Å². The molecule has 3 nitrogen and oxygen atoms in total. The van der Waals surface area contributed by atoms with E-state index >= 15 is 0 Å². The molecule has 7 heteroatoms. The van der Waals surface area contributed by atoms with E-state index in [0.29, 0.717) is 0 Å². The number of H-pyrrole nitrogens is 1. The second kappa shape index (κ2) is 2.74. The Labute approximate surface area is 67.8 Å². The van der Waals surface area contributed by atoms with Crippen LogP contribution in [0.1, 0.15) is 15.4 Å². The summed E-state index contributed by atoms with van der Waals surface area (Å²) in [6.07, 6.45) is -4.67. The number of halogens is 3. The zero-order chi connectivity index (χ0) is 9.35. The predicted molar refractivity (Wildman–Crippen MR) is 35.3 cm³/mol. The van der Waals surface area contributed by atoms with Crippen LogP contribution in [0.4, 0.5) is 13.2 Å². The van der Waals surface area contributed by atoms with E-state index in [4.69, 9.17) is 0 Å². The molecule has 0 spiro atoms. The van der Waals surface area contributed by atoms with Gasteiger partial charge in [-0.15, -0.1) is 0 Å². The van der Waals surface area contributed by atoms with Crippen molar-refractivity contribution in [2.75, 3.05) is 0 Å². The summed E-state index contributed by atoms with van der Waals surface area (Å²) in [5.74, 6) is 0. The van der Waals surface area contributed by atoms with Gasteiger partial charge in [0, 0.05) is 0 Å². The molecule has 1 heterocycles. The van der Waals surface area contributed by atoms with E-state index in [1.807, 2.05) is 0 Å². The summed E-state index contributed by atoms with van der Waals surface area (Å²) in [6, 6.07) is 0. The minimum atomic E-state index is -4.67. The quantitative estimate of drug-likeness (QED) is 0.689. The number of carbonyl (C=O) groups excluding carboxylic acids is 1. The lowest BCUT2D eigenvalue weighted by Crippen LogP contribution is -2.10. The molecule has 1 aromatic heterocycles. The molecular formula is C5H2F3NO2S. The summed E-state index contributed by atoms with van der Waals surface area (Å²) in [4.78, 5) is 20.5. The summed E-state index contributed by atoms with van der Waals surface area (Å²) >= 11 is 0.242. The number of carbonyl (C=O) groups is 1. The molecule has 0 atom stereocenters. The molecule has 66 valence electrons. The highest BCUT2D eigenvalue weighted by Gasteiger charge is 2.36. The molecule has 0 saturated heterocycles. The van der Waals surface area contributed by atoms with Crippen LogP contribution in [-0.2, 0) is 6.18 Å². The van der Waals surface area contributed by atoms with Gasteiger partial charge in [-0.2, -0.15) is 13.2 Å². The Morgan fingerprint density at radius 3 is 2.33 bits per heavy atom. The van der Waals surface area contributed by atoms with E-state index in [-0.39, 0.29) is 17.6 Å². The van der Waals surface area contributed by atoms with Crippen LogP contribution in [0.15, 0.2) is 4.79 Å². The largest absolute Gasteiger partial charge is 0.432 e. The average Bonchev–Trinajstić information content (AvgIpc) is 2.29. The molecule has 0 aliphatic heterocycles. The predicted octanol–water partition coefficient (Wildman–Crippen LogP) is 1.27. The van der Waals surface area contributed by atoms with E-state index < -0.39 is 21.6 Å². The fourth-order valence-corrected chi connectivity index (χ4v) is 1.30. The standard InChI is InChI=1S/C5H2F3NO2S/c6-5(7,8)3-2(1-10)12-4(11)9-3/h1H,(H,9,11). The van der Waals surface area contributed by atoms with E-state index in [2.05, 4.69) is 0 Å². The highest BCUT2D eigenvalue weighted by atomic mass is 32.1. The van der Waals surface area contributed by atoms with Crippen molar-refractivity contribution in [2.45, 2.75) is 6.18 Å². The van der Waals surface area contributed by atoms with Crippen molar-refractivity contribution in [1.29, 1.82) is 0 Å². The van der Waals surface area contributed by atoms with E-state index in [1.54, 1.807) is 4.98 Å². The van der Waals surface area contributed by atoms with E-state index in [0.717, 1.165) is 0 Å². The summed E-state index contributed by atoms with van der Waals surface area (Å²) in [5.41, 5.74) is -1.27. The van der Waals surface area contributed by atoms with Crippen LogP contribution in [0.25, 0.3) is 0 Å². The molecule has 0 aliphatic rings. The van der Waals surface area contributed by atoms with Crippen molar-refractivity contribution < 1.29 is 18.0 Å². The van der Waals surface area contributed by atoms with Gasteiger partial charge in [-0.05, 0) is 0 Å². The number of aromatic nitrogens is 1. The van der Waals surface area contributed by atoms with Gasteiger partial charge < -0.3 is 4.98 Å². The first-order valence-corrected chi connectivity index (χ1v) is 3.52. The van der Waals surface area contributed by atoms with Gasteiger partial charge >= 0.3 is 11.0 Å². The van der Waals surface area contributed by atoms with Gasteiger partial charge in [0.25, 0.3) is 0 Å². The third kappa shape index (κ3) is 1.55. The Balaban J connectivity index is 3.32. The summed E-state index contributed by atoms with van der Waals surface area (Å²) in [5, 5.41) is 0. The minimum Gasteiger partial charge on any atom is -0.308 e. The van der Waals surface area contributed by atoms with Crippen LogP contribution in [0.5, 0.6) is 0 Å². The molecule has 1 N–H and O–H groups in total. The van der Waals surface area contributed by atoms with Gasteiger partial charge in [-0.1, -0.05) is 11.3 Å². The van der Waals surface area contributed by atoms with Crippen molar-refractivity contribution in [1.82, 2.24) is 4.98 Å². The minimum absolute atomic E-state index is 0.00535. The average molecular weight is 197 g/mol. The maximum atomic E-state index is 11.9. The monoisotopic (exact) mass is 197 g/mol. The summed E-state index contributed by atoms with van der Waals surface area (Å²) in [7, 11) is 0. The van der Waals surface area contributed by atoms with Gasteiger partial charge in [0.2, 0.25) is 0 Å². The van der Waals surface area contributed by atoms with Gasteiger partial charge in [0.15, 0.2) is 6.29 Å². The van der Waals surface area contributed by atoms with Crippen LogP contribution in [0.3, 0.4) is 0 Å². The highest BCUT2D eigenvalue weighted by molar-refractivity contribution is 7.11. The topological polar surface area (TPSA) is 49.9 Å². The second-order valence-corrected chi connectivity index (χ2v) is 2.88. The molecule has 1 rings (SSSR count). The Kier molecular flexibility index (Phi) is 2.05. The third-order valence-corrected chi connectivity index (χ3v) is 1.87. The molecule has 12 heavy (non-hydrogen) atoms. The normalized spacial score (nSPS) is 11.6. The van der Waals surface area contributed by atoms with Crippen molar-refractivity contribution in [3.63, 3.8) is 0 Å². The molecule has 0 aromatic carbocycles. The van der Waals surface area contributed by atoms with Crippen LogP contribution in [0.2, 0.25) is 0 Å². The van der Waals surface area contributed by atoms with Crippen molar-refractivity contribution >= 4 is 17.6 Å². The van der Waals surface area contributed by atoms with Crippen LogP contribution in [0, 0.1) is 0 Å². The molecule has 0 fully saturated rings. The zero-order valence-corrected chi connectivity index (χ0v) is 6.25. The van der Waals surface area contributed by atoms with E-state index in [1.165, 1.54) is 0 Å². The van der Waals surface area contributed by atoms with E-state index in [9.17, 15) is 22.8 Å². The lowest BCUT2D eigenvalue weighted by atomic mass is 10.4. The molecular weight excluding hydrogens is 195 g/mol. The van der Waals surface area contributed by atoms with Crippen molar-refractivity contribution in [3.05, 3.63) is 20.2 Å². The summed E-state index contributed by atoms with van der Waals surface area (Å²) < 4.78 is 35.8. The zero-order valence-electron chi connectivity index (χ0n) is 5.44. The number of rotatable bonds is 1. The summed E-state index contributed by atoms with van der Waals surface area (Å²) in [6.45, 7) is 0. The Hall–Kier alpha value is -1.11. The number of nitrogens with one attached hydrogen (secondary N) is 1. The number of hydrogen-bond donors (Lipinski definition) is 1.